The van der Waals surface area contributed by atoms with Gasteiger partial charge in [-0.05, 0) is 13.3 Å². The van der Waals surface area contributed by atoms with E-state index in [2.05, 4.69) is 6.92 Å². The van der Waals surface area contributed by atoms with E-state index in [0.717, 1.165) is 19.3 Å². The molecule has 0 aliphatic rings. The van der Waals surface area contributed by atoms with Crippen molar-refractivity contribution in [3.63, 3.8) is 0 Å². The maximum absolute atomic E-state index is 10.8. The number of rotatable bonds is 6. The van der Waals surface area contributed by atoms with Gasteiger partial charge in [0.15, 0.2) is 0 Å². The molecule has 76 valence electrons. The third kappa shape index (κ3) is 7.50. The van der Waals surface area contributed by atoms with Gasteiger partial charge >= 0.3 is 5.97 Å². The zero-order valence-corrected chi connectivity index (χ0v) is 8.63. The van der Waals surface area contributed by atoms with Gasteiger partial charge in [-0.2, -0.15) is 0 Å². The van der Waals surface area contributed by atoms with Gasteiger partial charge in [0.1, 0.15) is 11.9 Å². The molecule has 0 aliphatic heterocycles. The summed E-state index contributed by atoms with van der Waals surface area (Å²) in [6.45, 7) is 4.96. The molecular formula is C10H18O3. The molecule has 0 aromatic carbocycles. The van der Waals surface area contributed by atoms with Gasteiger partial charge in [-0.3, -0.25) is 9.59 Å². The Morgan fingerprint density at radius 1 is 1.31 bits per heavy atom. The SMILES string of the molecule is CCCCC(CC(C)=O)OC(C)=O. The topological polar surface area (TPSA) is 43.4 Å². The van der Waals surface area contributed by atoms with Crippen molar-refractivity contribution < 1.29 is 14.3 Å². The third-order valence-corrected chi connectivity index (χ3v) is 1.73. The number of carbonyl (C=O) groups excluding carboxylic acids is 2. The summed E-state index contributed by atoms with van der Waals surface area (Å²) in [5, 5.41) is 0. The van der Waals surface area contributed by atoms with Gasteiger partial charge in [0.05, 0.1) is 0 Å². The first kappa shape index (κ1) is 12.1. The molecule has 0 saturated heterocycles. The van der Waals surface area contributed by atoms with Crippen molar-refractivity contribution in [1.82, 2.24) is 0 Å². The molecule has 0 rings (SSSR count). The van der Waals surface area contributed by atoms with E-state index in [0.29, 0.717) is 6.42 Å². The number of ether oxygens (including phenoxy) is 1. The maximum atomic E-state index is 10.8. The van der Waals surface area contributed by atoms with Crippen LogP contribution in [0.2, 0.25) is 0 Å². The largest absolute Gasteiger partial charge is 0.462 e. The molecule has 3 heteroatoms. The van der Waals surface area contributed by atoms with Crippen molar-refractivity contribution in [3.8, 4) is 0 Å². The number of ketones is 1. The molecule has 0 fully saturated rings. The zero-order valence-electron chi connectivity index (χ0n) is 8.63. The predicted octanol–water partition coefficient (Wildman–Crippen LogP) is 2.09. The van der Waals surface area contributed by atoms with E-state index in [4.69, 9.17) is 4.74 Å². The van der Waals surface area contributed by atoms with E-state index in [1.54, 1.807) is 0 Å². The minimum atomic E-state index is -0.303. The van der Waals surface area contributed by atoms with Crippen molar-refractivity contribution in [3.05, 3.63) is 0 Å². The molecule has 0 radical (unpaired) electrons. The Morgan fingerprint density at radius 3 is 2.31 bits per heavy atom. The lowest BCUT2D eigenvalue weighted by Crippen LogP contribution is -2.19. The Kier molecular flexibility index (Phi) is 6.20. The Bertz CT molecular complexity index is 159. The van der Waals surface area contributed by atoms with Crippen LogP contribution in [0.1, 0.15) is 46.5 Å². The summed E-state index contributed by atoms with van der Waals surface area (Å²) in [5.41, 5.74) is 0. The van der Waals surface area contributed by atoms with Crippen LogP contribution in [0, 0.1) is 0 Å². The van der Waals surface area contributed by atoms with Crippen molar-refractivity contribution in [2.45, 2.75) is 52.6 Å². The van der Waals surface area contributed by atoms with Crippen LogP contribution in [0.5, 0.6) is 0 Å². The minimum absolute atomic E-state index is 0.0716. The molecule has 0 bridgehead atoms. The summed E-state index contributed by atoms with van der Waals surface area (Å²) in [6.07, 6.45) is 2.96. The molecular weight excluding hydrogens is 168 g/mol. The molecule has 0 aromatic heterocycles. The molecule has 0 heterocycles. The summed E-state index contributed by atoms with van der Waals surface area (Å²) >= 11 is 0. The first-order chi connectivity index (χ1) is 6.06. The highest BCUT2D eigenvalue weighted by Gasteiger charge is 2.13. The number of hydrogen-bond acceptors (Lipinski definition) is 3. The highest BCUT2D eigenvalue weighted by Crippen LogP contribution is 2.09. The molecule has 1 atom stereocenters. The summed E-state index contributed by atoms with van der Waals surface area (Å²) in [7, 11) is 0. The standard InChI is InChI=1S/C10H18O3/c1-4-5-6-10(7-8(2)11)13-9(3)12/h10H,4-7H2,1-3H3. The van der Waals surface area contributed by atoms with Crippen LogP contribution in [-0.4, -0.2) is 17.9 Å². The highest BCUT2D eigenvalue weighted by atomic mass is 16.5. The van der Waals surface area contributed by atoms with Crippen LogP contribution in [0.25, 0.3) is 0 Å². The van der Waals surface area contributed by atoms with Gasteiger partial charge < -0.3 is 4.74 Å². The average Bonchev–Trinajstić information content (AvgIpc) is 1.98. The number of esters is 1. The number of carbonyl (C=O) groups is 2. The van der Waals surface area contributed by atoms with E-state index < -0.39 is 0 Å². The van der Waals surface area contributed by atoms with E-state index in [1.165, 1.54) is 13.8 Å². The Morgan fingerprint density at radius 2 is 1.92 bits per heavy atom. The first-order valence-corrected chi connectivity index (χ1v) is 4.73. The Labute approximate surface area is 79.5 Å². The molecule has 0 aromatic rings. The molecule has 0 aliphatic carbocycles. The number of unbranched alkanes of at least 4 members (excludes halogenated alkanes) is 1. The van der Waals surface area contributed by atoms with Crippen molar-refractivity contribution in [2.75, 3.05) is 0 Å². The van der Waals surface area contributed by atoms with Gasteiger partial charge in [-0.25, -0.2) is 0 Å². The smallest absolute Gasteiger partial charge is 0.302 e. The molecule has 13 heavy (non-hydrogen) atoms. The van der Waals surface area contributed by atoms with Gasteiger partial charge in [0, 0.05) is 13.3 Å². The van der Waals surface area contributed by atoms with Crippen molar-refractivity contribution in [1.29, 1.82) is 0 Å². The fraction of sp³-hybridized carbons (Fsp3) is 0.800. The summed E-state index contributed by atoms with van der Waals surface area (Å²) in [5.74, 6) is -0.232. The van der Waals surface area contributed by atoms with E-state index in [9.17, 15) is 9.59 Å². The molecule has 3 nitrogen and oxygen atoms in total. The van der Waals surface area contributed by atoms with E-state index in [-0.39, 0.29) is 17.9 Å². The molecule has 0 amide bonds. The lowest BCUT2D eigenvalue weighted by molar-refractivity contribution is -0.147. The van der Waals surface area contributed by atoms with Crippen molar-refractivity contribution in [2.24, 2.45) is 0 Å². The van der Waals surface area contributed by atoms with Gasteiger partial charge in [-0.15, -0.1) is 0 Å². The molecule has 0 spiro atoms. The fourth-order valence-corrected chi connectivity index (χ4v) is 1.19. The zero-order chi connectivity index (χ0) is 10.3. The molecule has 1 unspecified atom stereocenters. The van der Waals surface area contributed by atoms with Crippen LogP contribution in [0.3, 0.4) is 0 Å². The van der Waals surface area contributed by atoms with Crippen LogP contribution in [0.4, 0.5) is 0 Å². The highest BCUT2D eigenvalue weighted by molar-refractivity contribution is 5.76. The van der Waals surface area contributed by atoms with Crippen LogP contribution < -0.4 is 0 Å². The first-order valence-electron chi connectivity index (χ1n) is 4.73. The minimum Gasteiger partial charge on any atom is -0.462 e. The molecule has 0 saturated carbocycles. The number of Topliss-reactive ketones (excluding diaryl/α,β-unsaturated/α-hetero) is 1. The predicted molar refractivity (Wildman–Crippen MR) is 50.4 cm³/mol. The van der Waals surface area contributed by atoms with Crippen LogP contribution >= 0.6 is 0 Å². The van der Waals surface area contributed by atoms with Crippen LogP contribution in [0.15, 0.2) is 0 Å². The van der Waals surface area contributed by atoms with Gasteiger partial charge in [-0.1, -0.05) is 19.8 Å². The second-order valence-corrected chi connectivity index (χ2v) is 3.28. The summed E-state index contributed by atoms with van der Waals surface area (Å²) < 4.78 is 5.00. The normalized spacial score (nSPS) is 12.2. The summed E-state index contributed by atoms with van der Waals surface area (Å²) in [6, 6.07) is 0. The lowest BCUT2D eigenvalue weighted by atomic mass is 10.1. The summed E-state index contributed by atoms with van der Waals surface area (Å²) in [4.78, 5) is 21.5. The Hall–Kier alpha value is -0.860. The van der Waals surface area contributed by atoms with E-state index in [1.807, 2.05) is 0 Å². The van der Waals surface area contributed by atoms with Gasteiger partial charge in [0.2, 0.25) is 0 Å². The maximum Gasteiger partial charge on any atom is 0.302 e. The van der Waals surface area contributed by atoms with Crippen molar-refractivity contribution >= 4 is 11.8 Å². The average molecular weight is 186 g/mol. The van der Waals surface area contributed by atoms with E-state index >= 15 is 0 Å². The Balaban J connectivity index is 3.87. The monoisotopic (exact) mass is 186 g/mol. The quantitative estimate of drug-likeness (QED) is 0.596. The molecule has 0 N–H and O–H groups in total. The second kappa shape index (κ2) is 6.63. The number of hydrogen-bond donors (Lipinski definition) is 0. The van der Waals surface area contributed by atoms with Crippen LogP contribution in [-0.2, 0) is 14.3 Å². The lowest BCUT2D eigenvalue weighted by Gasteiger charge is -2.14. The third-order valence-electron chi connectivity index (χ3n) is 1.73. The second-order valence-electron chi connectivity index (χ2n) is 3.28. The van der Waals surface area contributed by atoms with Gasteiger partial charge in [0.25, 0.3) is 0 Å². The fourth-order valence-electron chi connectivity index (χ4n) is 1.19.